The van der Waals surface area contributed by atoms with E-state index in [1.165, 1.54) is 17.0 Å². The highest BCUT2D eigenvalue weighted by molar-refractivity contribution is 9.10. The molecule has 39 heavy (non-hydrogen) atoms. The second-order valence-electron chi connectivity index (χ2n) is 9.88. The highest BCUT2D eigenvalue weighted by Crippen LogP contribution is 2.27. The van der Waals surface area contributed by atoms with Crippen molar-refractivity contribution in [2.24, 2.45) is 5.92 Å². The minimum atomic E-state index is -4.09. The Morgan fingerprint density at radius 2 is 1.64 bits per heavy atom. The van der Waals surface area contributed by atoms with Gasteiger partial charge in [0.2, 0.25) is 11.8 Å². The summed E-state index contributed by atoms with van der Waals surface area (Å²) >= 11 is 3.41. The third kappa shape index (κ3) is 8.16. The van der Waals surface area contributed by atoms with Gasteiger partial charge in [-0.1, -0.05) is 90.8 Å². The van der Waals surface area contributed by atoms with Gasteiger partial charge >= 0.3 is 0 Å². The fourth-order valence-corrected chi connectivity index (χ4v) is 6.04. The first kappa shape index (κ1) is 30.4. The van der Waals surface area contributed by atoms with Crippen molar-refractivity contribution >= 4 is 43.5 Å². The summed E-state index contributed by atoms with van der Waals surface area (Å²) < 4.78 is 29.4. The first-order chi connectivity index (χ1) is 18.5. The number of nitrogens with zero attached hydrogens (tertiary/aromatic N) is 2. The second kappa shape index (κ2) is 13.8. The molecular weight excluding hydrogens is 578 g/mol. The van der Waals surface area contributed by atoms with Gasteiger partial charge in [0.1, 0.15) is 12.6 Å². The number of sulfonamides is 1. The van der Waals surface area contributed by atoms with Crippen LogP contribution in [0.5, 0.6) is 0 Å². The van der Waals surface area contributed by atoms with E-state index in [1.807, 2.05) is 52.0 Å². The van der Waals surface area contributed by atoms with Crippen molar-refractivity contribution in [1.82, 2.24) is 10.2 Å². The maximum Gasteiger partial charge on any atom is 0.264 e. The van der Waals surface area contributed by atoms with E-state index < -0.39 is 28.5 Å². The van der Waals surface area contributed by atoms with E-state index in [0.717, 1.165) is 15.4 Å². The molecule has 9 heteroatoms. The Bertz CT molecular complexity index is 1380. The number of nitrogens with one attached hydrogen (secondary N) is 1. The van der Waals surface area contributed by atoms with Crippen LogP contribution in [0.25, 0.3) is 0 Å². The summed E-state index contributed by atoms with van der Waals surface area (Å²) in [7, 11) is -4.09. The fraction of sp³-hybridized carbons (Fsp3) is 0.333. The molecule has 1 atom stereocenters. The molecule has 0 aliphatic rings. The summed E-state index contributed by atoms with van der Waals surface area (Å²) in [6.07, 6.45) is 0.379. The summed E-state index contributed by atoms with van der Waals surface area (Å²) in [6, 6.07) is 21.8. The lowest BCUT2D eigenvalue weighted by Gasteiger charge is -2.33. The normalized spacial score (nSPS) is 12.2. The van der Waals surface area contributed by atoms with Crippen molar-refractivity contribution in [1.29, 1.82) is 0 Å². The number of carbonyl (C=O) groups is 2. The van der Waals surface area contributed by atoms with Crippen LogP contribution in [0.1, 0.15) is 38.3 Å². The molecule has 2 amide bonds. The summed E-state index contributed by atoms with van der Waals surface area (Å²) in [5, 5.41) is 2.94. The topological polar surface area (TPSA) is 86.8 Å². The third-order valence-electron chi connectivity index (χ3n) is 6.21. The van der Waals surface area contributed by atoms with E-state index in [1.54, 1.807) is 42.5 Å². The largest absolute Gasteiger partial charge is 0.354 e. The van der Waals surface area contributed by atoms with E-state index >= 15 is 0 Å². The smallest absolute Gasteiger partial charge is 0.264 e. The highest BCUT2D eigenvalue weighted by atomic mass is 79.9. The van der Waals surface area contributed by atoms with Gasteiger partial charge in [0, 0.05) is 17.6 Å². The van der Waals surface area contributed by atoms with Crippen LogP contribution in [0.3, 0.4) is 0 Å². The average Bonchev–Trinajstić information content (AvgIpc) is 2.90. The molecule has 7 nitrogen and oxygen atoms in total. The number of carbonyl (C=O) groups excluding carboxylic acids is 2. The molecule has 0 saturated carbocycles. The molecule has 1 N–H and O–H groups in total. The number of benzene rings is 3. The summed E-state index contributed by atoms with van der Waals surface area (Å²) in [5.74, 6) is -0.481. The van der Waals surface area contributed by atoms with Crippen LogP contribution >= 0.6 is 15.9 Å². The van der Waals surface area contributed by atoms with Crippen LogP contribution in [0.2, 0.25) is 0 Å². The van der Waals surface area contributed by atoms with Crippen molar-refractivity contribution in [3.63, 3.8) is 0 Å². The number of halogens is 1. The maximum absolute atomic E-state index is 14.1. The average molecular weight is 615 g/mol. The Morgan fingerprint density at radius 3 is 2.26 bits per heavy atom. The minimum Gasteiger partial charge on any atom is -0.354 e. The molecule has 0 aliphatic heterocycles. The van der Waals surface area contributed by atoms with Crippen LogP contribution in [0.15, 0.2) is 88.2 Å². The van der Waals surface area contributed by atoms with Gasteiger partial charge in [-0.3, -0.25) is 13.9 Å². The zero-order valence-corrected chi connectivity index (χ0v) is 25.2. The number of hydrogen-bond donors (Lipinski definition) is 1. The highest BCUT2D eigenvalue weighted by Gasteiger charge is 2.33. The van der Waals surface area contributed by atoms with Gasteiger partial charge < -0.3 is 10.2 Å². The van der Waals surface area contributed by atoms with Crippen molar-refractivity contribution in [3.05, 3.63) is 94.5 Å². The zero-order valence-electron chi connectivity index (χ0n) is 22.8. The number of hydrogen-bond acceptors (Lipinski definition) is 4. The predicted molar refractivity (Wildman–Crippen MR) is 159 cm³/mol. The van der Waals surface area contributed by atoms with Crippen molar-refractivity contribution in [3.8, 4) is 0 Å². The lowest BCUT2D eigenvalue weighted by atomic mass is 10.1. The molecule has 3 aromatic carbocycles. The molecule has 0 spiro atoms. The standard InChI is InChI=1S/C30H36BrN3O4S/c1-5-28(30(36)32-19-22(2)3)33(20-24-12-9-11-23(4)17-24)29(35)21-34(26-14-10-13-25(31)18-26)39(37,38)27-15-7-6-8-16-27/h6-18,22,28H,5,19-21H2,1-4H3,(H,32,36)/t28-/m0/s1. The zero-order chi connectivity index (χ0) is 28.6. The Labute approximate surface area is 240 Å². The van der Waals surface area contributed by atoms with E-state index in [9.17, 15) is 18.0 Å². The van der Waals surface area contributed by atoms with Gasteiger partial charge in [-0.05, 0) is 55.2 Å². The van der Waals surface area contributed by atoms with E-state index in [4.69, 9.17) is 0 Å². The number of aryl methyl sites for hydroxylation is 1. The van der Waals surface area contributed by atoms with Crippen molar-refractivity contribution in [2.75, 3.05) is 17.4 Å². The number of anilines is 1. The van der Waals surface area contributed by atoms with Crippen molar-refractivity contribution in [2.45, 2.75) is 51.6 Å². The molecule has 0 heterocycles. The molecular formula is C30H36BrN3O4S. The second-order valence-corrected chi connectivity index (χ2v) is 12.7. The molecule has 208 valence electrons. The lowest BCUT2D eigenvalue weighted by Crippen LogP contribution is -2.52. The SMILES string of the molecule is CC[C@@H](C(=O)NCC(C)C)N(Cc1cccc(C)c1)C(=O)CN(c1cccc(Br)c1)S(=O)(=O)c1ccccc1. The Balaban J connectivity index is 2.04. The molecule has 0 bridgehead atoms. The summed E-state index contributed by atoms with van der Waals surface area (Å²) in [4.78, 5) is 28.9. The van der Waals surface area contributed by atoms with Crippen LogP contribution < -0.4 is 9.62 Å². The van der Waals surface area contributed by atoms with Gasteiger partial charge in [0.05, 0.1) is 10.6 Å². The van der Waals surface area contributed by atoms with Gasteiger partial charge in [0.25, 0.3) is 10.0 Å². The fourth-order valence-electron chi connectivity index (χ4n) is 4.23. The quantitative estimate of drug-likeness (QED) is 0.291. The first-order valence-electron chi connectivity index (χ1n) is 13.0. The lowest BCUT2D eigenvalue weighted by molar-refractivity contribution is -0.140. The van der Waals surface area contributed by atoms with Gasteiger partial charge in [-0.2, -0.15) is 0 Å². The molecule has 0 aliphatic carbocycles. The molecule has 0 radical (unpaired) electrons. The minimum absolute atomic E-state index is 0.0738. The summed E-state index contributed by atoms with van der Waals surface area (Å²) in [5.41, 5.74) is 2.23. The molecule has 0 unspecified atom stereocenters. The Kier molecular flexibility index (Phi) is 10.7. The van der Waals surface area contributed by atoms with E-state index in [-0.39, 0.29) is 23.3 Å². The Morgan fingerprint density at radius 1 is 0.949 bits per heavy atom. The van der Waals surface area contributed by atoms with Crippen LogP contribution in [-0.2, 0) is 26.2 Å². The van der Waals surface area contributed by atoms with Gasteiger partial charge in [-0.25, -0.2) is 8.42 Å². The van der Waals surface area contributed by atoms with Crippen LogP contribution in [0.4, 0.5) is 5.69 Å². The van der Waals surface area contributed by atoms with E-state index in [2.05, 4.69) is 21.2 Å². The van der Waals surface area contributed by atoms with Gasteiger partial charge in [-0.15, -0.1) is 0 Å². The van der Waals surface area contributed by atoms with Crippen molar-refractivity contribution < 1.29 is 18.0 Å². The van der Waals surface area contributed by atoms with Crippen LogP contribution in [0, 0.1) is 12.8 Å². The monoisotopic (exact) mass is 613 g/mol. The summed E-state index contributed by atoms with van der Waals surface area (Å²) in [6.45, 7) is 8.00. The number of rotatable bonds is 12. The maximum atomic E-state index is 14.1. The first-order valence-corrected chi connectivity index (χ1v) is 15.2. The molecule has 3 rings (SSSR count). The number of amides is 2. The molecule has 3 aromatic rings. The third-order valence-corrected chi connectivity index (χ3v) is 8.49. The predicted octanol–water partition coefficient (Wildman–Crippen LogP) is 5.53. The van der Waals surface area contributed by atoms with E-state index in [0.29, 0.717) is 23.1 Å². The molecule has 0 fully saturated rings. The molecule has 0 saturated heterocycles. The Hall–Kier alpha value is -3.17. The van der Waals surface area contributed by atoms with Gasteiger partial charge in [0.15, 0.2) is 0 Å². The molecule has 0 aromatic heterocycles. The van der Waals surface area contributed by atoms with Crippen LogP contribution in [-0.4, -0.2) is 44.3 Å².